The van der Waals surface area contributed by atoms with Crippen molar-refractivity contribution in [2.24, 2.45) is 5.92 Å². The van der Waals surface area contributed by atoms with Gasteiger partial charge in [-0.2, -0.15) is 0 Å². The summed E-state index contributed by atoms with van der Waals surface area (Å²) in [6.07, 6.45) is 0.414. The van der Waals surface area contributed by atoms with E-state index in [2.05, 4.69) is 5.32 Å². The molecule has 1 aromatic rings. The molecule has 1 saturated heterocycles. The molecule has 6 heteroatoms. The minimum atomic E-state index is -0.850. The zero-order valence-corrected chi connectivity index (χ0v) is 16.7. The lowest BCUT2D eigenvalue weighted by molar-refractivity contribution is -0.169. The van der Waals surface area contributed by atoms with Crippen LogP contribution in [0, 0.1) is 12.8 Å². The lowest BCUT2D eigenvalue weighted by atomic mass is 10.1. The van der Waals surface area contributed by atoms with Crippen molar-refractivity contribution in [2.75, 3.05) is 13.2 Å². The van der Waals surface area contributed by atoms with E-state index in [9.17, 15) is 9.59 Å². The number of carbonyl (C=O) groups excluding carboxylic acids is 2. The molecule has 1 aromatic carbocycles. The number of hydrogen-bond donors (Lipinski definition) is 1. The van der Waals surface area contributed by atoms with Crippen LogP contribution < -0.4 is 5.32 Å². The monoisotopic (exact) mass is 377 g/mol. The standard InChI is InChI=1S/C21H31NO5/c1-14(2)19(20(23)22-12-17-9-7-15(3)8-10-17)27-21(24)16(4)26-13-18-6-5-11-25-18/h7-10,14,16,18-19H,5-6,11-13H2,1-4H3,(H,22,23). The lowest BCUT2D eigenvalue weighted by Gasteiger charge is -2.23. The maximum atomic E-state index is 12.5. The summed E-state index contributed by atoms with van der Waals surface area (Å²) in [7, 11) is 0. The van der Waals surface area contributed by atoms with Crippen LogP contribution in [-0.4, -0.2) is 43.4 Å². The smallest absolute Gasteiger partial charge is 0.335 e. The van der Waals surface area contributed by atoms with Crippen molar-refractivity contribution in [2.45, 2.75) is 65.4 Å². The highest BCUT2D eigenvalue weighted by Crippen LogP contribution is 2.14. The van der Waals surface area contributed by atoms with Crippen LogP contribution in [0.15, 0.2) is 24.3 Å². The van der Waals surface area contributed by atoms with Gasteiger partial charge >= 0.3 is 5.97 Å². The summed E-state index contributed by atoms with van der Waals surface area (Å²) in [5.41, 5.74) is 2.16. The molecule has 150 valence electrons. The average Bonchev–Trinajstić information content (AvgIpc) is 3.16. The predicted octanol–water partition coefficient (Wildman–Crippen LogP) is 2.76. The summed E-state index contributed by atoms with van der Waals surface area (Å²) in [4.78, 5) is 24.8. The minimum absolute atomic E-state index is 0.0407. The van der Waals surface area contributed by atoms with Gasteiger partial charge < -0.3 is 19.5 Å². The second kappa shape index (κ2) is 10.4. The summed E-state index contributed by atoms with van der Waals surface area (Å²) < 4.78 is 16.5. The molecule has 0 radical (unpaired) electrons. The Morgan fingerprint density at radius 1 is 1.22 bits per heavy atom. The van der Waals surface area contributed by atoms with E-state index >= 15 is 0 Å². The van der Waals surface area contributed by atoms with Crippen LogP contribution in [0.3, 0.4) is 0 Å². The van der Waals surface area contributed by atoms with Crippen molar-refractivity contribution in [1.82, 2.24) is 5.32 Å². The van der Waals surface area contributed by atoms with Gasteiger partial charge in [-0.15, -0.1) is 0 Å². The van der Waals surface area contributed by atoms with E-state index in [0.29, 0.717) is 13.2 Å². The van der Waals surface area contributed by atoms with Crippen LogP contribution in [0.25, 0.3) is 0 Å². The molecule has 2 rings (SSSR count). The van der Waals surface area contributed by atoms with E-state index in [4.69, 9.17) is 14.2 Å². The van der Waals surface area contributed by atoms with Gasteiger partial charge in [0.2, 0.25) is 0 Å². The van der Waals surface area contributed by atoms with Gasteiger partial charge in [0, 0.05) is 13.2 Å². The average molecular weight is 377 g/mol. The number of esters is 1. The molecule has 0 saturated carbocycles. The maximum absolute atomic E-state index is 12.5. The Labute approximate surface area is 161 Å². The van der Waals surface area contributed by atoms with Gasteiger partial charge in [-0.3, -0.25) is 4.79 Å². The lowest BCUT2D eigenvalue weighted by Crippen LogP contribution is -2.42. The Balaban J connectivity index is 1.82. The van der Waals surface area contributed by atoms with Gasteiger partial charge in [0.15, 0.2) is 12.2 Å². The molecule has 0 bridgehead atoms. The summed E-state index contributed by atoms with van der Waals surface area (Å²) in [5, 5.41) is 2.84. The Morgan fingerprint density at radius 2 is 1.93 bits per heavy atom. The third kappa shape index (κ3) is 6.96. The predicted molar refractivity (Wildman–Crippen MR) is 102 cm³/mol. The molecule has 0 spiro atoms. The molecule has 1 amide bonds. The first-order valence-electron chi connectivity index (χ1n) is 9.63. The van der Waals surface area contributed by atoms with Crippen molar-refractivity contribution in [3.8, 4) is 0 Å². The van der Waals surface area contributed by atoms with Crippen molar-refractivity contribution in [3.05, 3.63) is 35.4 Å². The van der Waals surface area contributed by atoms with Gasteiger partial charge in [0.25, 0.3) is 5.91 Å². The maximum Gasteiger partial charge on any atom is 0.335 e. The Hall–Kier alpha value is -1.92. The van der Waals surface area contributed by atoms with Crippen LogP contribution in [0.1, 0.15) is 44.7 Å². The quantitative estimate of drug-likeness (QED) is 0.670. The molecule has 1 N–H and O–H groups in total. The molecule has 6 nitrogen and oxygen atoms in total. The first-order valence-corrected chi connectivity index (χ1v) is 9.63. The largest absolute Gasteiger partial charge is 0.450 e. The fraction of sp³-hybridized carbons (Fsp3) is 0.619. The number of ether oxygens (including phenoxy) is 3. The summed E-state index contributed by atoms with van der Waals surface area (Å²) in [5.74, 6) is -0.972. The van der Waals surface area contributed by atoms with E-state index in [1.807, 2.05) is 45.0 Å². The van der Waals surface area contributed by atoms with Gasteiger partial charge in [0.1, 0.15) is 0 Å². The van der Waals surface area contributed by atoms with Crippen LogP contribution in [0.2, 0.25) is 0 Å². The Kier molecular flexibility index (Phi) is 8.25. The number of aryl methyl sites for hydroxylation is 1. The molecule has 0 aromatic heterocycles. The summed E-state index contributed by atoms with van der Waals surface area (Å²) in [6.45, 7) is 8.84. The topological polar surface area (TPSA) is 73.9 Å². The first kappa shape index (κ1) is 21.4. The molecule has 1 aliphatic heterocycles. The molecular weight excluding hydrogens is 346 g/mol. The highest BCUT2D eigenvalue weighted by atomic mass is 16.6. The summed E-state index contributed by atoms with van der Waals surface area (Å²) >= 11 is 0. The van der Waals surface area contributed by atoms with Crippen molar-refractivity contribution < 1.29 is 23.8 Å². The normalized spacial score (nSPS) is 18.9. The van der Waals surface area contributed by atoms with Gasteiger partial charge in [0.05, 0.1) is 12.7 Å². The molecule has 3 atom stereocenters. The van der Waals surface area contributed by atoms with Crippen LogP contribution in [-0.2, 0) is 30.3 Å². The minimum Gasteiger partial charge on any atom is -0.450 e. The highest BCUT2D eigenvalue weighted by Gasteiger charge is 2.29. The number of rotatable bonds is 9. The third-order valence-electron chi connectivity index (χ3n) is 4.58. The summed E-state index contributed by atoms with van der Waals surface area (Å²) in [6, 6.07) is 7.92. The number of carbonyl (C=O) groups is 2. The number of hydrogen-bond acceptors (Lipinski definition) is 5. The fourth-order valence-electron chi connectivity index (χ4n) is 2.80. The zero-order valence-electron chi connectivity index (χ0n) is 16.7. The van der Waals surface area contributed by atoms with E-state index in [-0.39, 0.29) is 17.9 Å². The first-order chi connectivity index (χ1) is 12.9. The number of nitrogens with one attached hydrogen (secondary N) is 1. The van der Waals surface area contributed by atoms with Gasteiger partial charge in [-0.05, 0) is 38.2 Å². The molecule has 27 heavy (non-hydrogen) atoms. The number of benzene rings is 1. The second-order valence-corrected chi connectivity index (χ2v) is 7.42. The van der Waals surface area contributed by atoms with Crippen molar-refractivity contribution >= 4 is 11.9 Å². The third-order valence-corrected chi connectivity index (χ3v) is 4.58. The van der Waals surface area contributed by atoms with E-state index in [1.54, 1.807) is 6.92 Å². The van der Waals surface area contributed by atoms with Crippen molar-refractivity contribution in [1.29, 1.82) is 0 Å². The van der Waals surface area contributed by atoms with Crippen LogP contribution in [0.4, 0.5) is 0 Å². The fourth-order valence-corrected chi connectivity index (χ4v) is 2.80. The van der Waals surface area contributed by atoms with E-state index < -0.39 is 18.2 Å². The SMILES string of the molecule is Cc1ccc(CNC(=O)C(OC(=O)C(C)OCC2CCCO2)C(C)C)cc1. The van der Waals surface area contributed by atoms with Crippen molar-refractivity contribution in [3.63, 3.8) is 0 Å². The van der Waals surface area contributed by atoms with E-state index in [1.165, 1.54) is 0 Å². The van der Waals surface area contributed by atoms with E-state index in [0.717, 1.165) is 30.6 Å². The Morgan fingerprint density at radius 3 is 2.52 bits per heavy atom. The molecular formula is C21H31NO5. The Bertz CT molecular complexity index is 608. The molecule has 1 heterocycles. The van der Waals surface area contributed by atoms with Crippen LogP contribution in [0.5, 0.6) is 0 Å². The molecule has 1 aliphatic rings. The van der Waals surface area contributed by atoms with Gasteiger partial charge in [-0.25, -0.2) is 4.79 Å². The highest BCUT2D eigenvalue weighted by molar-refractivity contribution is 5.85. The number of amides is 1. The molecule has 1 fully saturated rings. The zero-order chi connectivity index (χ0) is 19.8. The molecule has 3 unspecified atom stereocenters. The molecule has 0 aliphatic carbocycles. The second-order valence-electron chi connectivity index (χ2n) is 7.42. The van der Waals surface area contributed by atoms with Crippen LogP contribution >= 0.6 is 0 Å². The van der Waals surface area contributed by atoms with Gasteiger partial charge in [-0.1, -0.05) is 43.7 Å².